The predicted octanol–water partition coefficient (Wildman–Crippen LogP) is 2.89. The van der Waals surface area contributed by atoms with Gasteiger partial charge in [0.2, 0.25) is 0 Å². The summed E-state index contributed by atoms with van der Waals surface area (Å²) in [5.74, 6) is 1.19. The summed E-state index contributed by atoms with van der Waals surface area (Å²) in [4.78, 5) is 1.42. The Hall–Kier alpha value is -0.670. The number of hydrogen-bond donors (Lipinski definition) is 2. The van der Waals surface area contributed by atoms with E-state index in [1.54, 1.807) is 0 Å². The first-order valence-electron chi connectivity index (χ1n) is 6.65. The van der Waals surface area contributed by atoms with Crippen LogP contribution in [-0.4, -0.2) is 24.9 Å². The van der Waals surface area contributed by atoms with Crippen molar-refractivity contribution in [1.29, 1.82) is 0 Å². The van der Waals surface area contributed by atoms with Crippen molar-refractivity contribution < 1.29 is 0 Å². The lowest BCUT2D eigenvalue weighted by molar-refractivity contribution is 0.559. The van der Waals surface area contributed by atoms with Gasteiger partial charge >= 0.3 is 0 Å². The number of anilines is 1. The van der Waals surface area contributed by atoms with Crippen LogP contribution in [0.25, 0.3) is 0 Å². The Labute approximate surface area is 108 Å². The lowest BCUT2D eigenvalue weighted by Gasteiger charge is -2.18. The van der Waals surface area contributed by atoms with Gasteiger partial charge in [-0.05, 0) is 49.9 Å². The summed E-state index contributed by atoms with van der Waals surface area (Å²) in [6.07, 6.45) is 5.20. The van der Waals surface area contributed by atoms with Crippen LogP contribution in [0.1, 0.15) is 24.8 Å². The van der Waals surface area contributed by atoms with Gasteiger partial charge in [-0.25, -0.2) is 0 Å². The van der Waals surface area contributed by atoms with Gasteiger partial charge < -0.3 is 10.6 Å². The molecule has 0 saturated carbocycles. The Morgan fingerprint density at radius 1 is 1.29 bits per heavy atom. The number of rotatable bonds is 3. The normalized spacial score (nSPS) is 23.2. The first kappa shape index (κ1) is 11.4. The molecule has 0 bridgehead atoms. The molecule has 2 aliphatic rings. The minimum absolute atomic E-state index is 0.758. The van der Waals surface area contributed by atoms with Crippen LogP contribution >= 0.6 is 11.8 Å². The molecule has 3 rings (SSSR count). The Balaban J connectivity index is 1.62. The summed E-state index contributed by atoms with van der Waals surface area (Å²) in [5, 5.41) is 7.06. The minimum Gasteiger partial charge on any atom is -0.383 e. The smallest absolute Gasteiger partial charge is 0.0481 e. The van der Waals surface area contributed by atoms with Gasteiger partial charge in [-0.15, -0.1) is 11.8 Å². The third-order valence-corrected chi connectivity index (χ3v) is 4.74. The molecular weight excluding hydrogens is 228 g/mol. The van der Waals surface area contributed by atoms with Crippen LogP contribution in [0.2, 0.25) is 0 Å². The molecule has 2 aliphatic heterocycles. The summed E-state index contributed by atoms with van der Waals surface area (Å²) in [6, 6.07) is 7.68. The molecule has 0 aromatic heterocycles. The second-order valence-corrected chi connectivity index (χ2v) is 6.07. The number of hydrogen-bond acceptors (Lipinski definition) is 3. The molecule has 1 aromatic rings. The number of aryl methyl sites for hydroxylation is 1. The molecule has 0 radical (unpaired) electrons. The topological polar surface area (TPSA) is 24.1 Å². The Morgan fingerprint density at radius 3 is 3.18 bits per heavy atom. The first-order valence-corrected chi connectivity index (χ1v) is 7.63. The SMILES string of the molecule is c1cc2c(cc1CCC1CCCN1)NCCS2. The monoisotopic (exact) mass is 248 g/mol. The largest absolute Gasteiger partial charge is 0.383 e. The molecule has 2 nitrogen and oxygen atoms in total. The van der Waals surface area contributed by atoms with Gasteiger partial charge in [0.05, 0.1) is 0 Å². The van der Waals surface area contributed by atoms with E-state index in [9.17, 15) is 0 Å². The summed E-state index contributed by atoms with van der Waals surface area (Å²) in [7, 11) is 0. The first-order chi connectivity index (χ1) is 8.42. The van der Waals surface area contributed by atoms with Crippen molar-refractivity contribution in [1.82, 2.24) is 5.32 Å². The standard InChI is InChI=1S/C14H20N2S/c1-2-12(15-7-1)5-3-11-4-6-14-13(10-11)16-8-9-17-14/h4,6,10,12,15-16H,1-3,5,7-9H2. The quantitative estimate of drug-likeness (QED) is 0.860. The zero-order chi connectivity index (χ0) is 11.5. The zero-order valence-corrected chi connectivity index (χ0v) is 11.0. The van der Waals surface area contributed by atoms with Crippen LogP contribution in [0.3, 0.4) is 0 Å². The highest BCUT2D eigenvalue weighted by molar-refractivity contribution is 7.99. The van der Waals surface area contributed by atoms with E-state index in [-0.39, 0.29) is 0 Å². The van der Waals surface area contributed by atoms with Gasteiger partial charge in [0.15, 0.2) is 0 Å². The van der Waals surface area contributed by atoms with Crippen molar-refractivity contribution in [2.45, 2.75) is 36.6 Å². The molecule has 1 atom stereocenters. The fraction of sp³-hybridized carbons (Fsp3) is 0.571. The van der Waals surface area contributed by atoms with E-state index in [0.29, 0.717) is 0 Å². The van der Waals surface area contributed by atoms with E-state index >= 15 is 0 Å². The molecule has 1 fully saturated rings. The van der Waals surface area contributed by atoms with Crippen molar-refractivity contribution in [2.75, 3.05) is 24.2 Å². The molecule has 1 saturated heterocycles. The predicted molar refractivity (Wildman–Crippen MR) is 75.0 cm³/mol. The van der Waals surface area contributed by atoms with E-state index in [1.165, 1.54) is 54.1 Å². The van der Waals surface area contributed by atoms with E-state index < -0.39 is 0 Å². The Bertz CT molecular complexity index is 386. The Kier molecular flexibility index (Phi) is 3.57. The van der Waals surface area contributed by atoms with Crippen LogP contribution in [0.4, 0.5) is 5.69 Å². The van der Waals surface area contributed by atoms with Gasteiger partial charge in [0.1, 0.15) is 0 Å². The lowest BCUT2D eigenvalue weighted by atomic mass is 10.0. The fourth-order valence-corrected chi connectivity index (χ4v) is 3.56. The maximum Gasteiger partial charge on any atom is 0.0481 e. The number of thioether (sulfide) groups is 1. The number of benzene rings is 1. The maximum absolute atomic E-state index is 3.57. The summed E-state index contributed by atoms with van der Waals surface area (Å²) in [5.41, 5.74) is 2.82. The lowest BCUT2D eigenvalue weighted by Crippen LogP contribution is -2.21. The van der Waals surface area contributed by atoms with E-state index in [0.717, 1.165) is 12.6 Å². The Morgan fingerprint density at radius 2 is 2.29 bits per heavy atom. The van der Waals surface area contributed by atoms with Gasteiger partial charge in [-0.2, -0.15) is 0 Å². The van der Waals surface area contributed by atoms with Crippen molar-refractivity contribution in [3.05, 3.63) is 23.8 Å². The molecule has 1 unspecified atom stereocenters. The summed E-state index contributed by atoms with van der Waals surface area (Å²) >= 11 is 1.97. The van der Waals surface area contributed by atoms with E-state index in [4.69, 9.17) is 0 Å². The third-order valence-electron chi connectivity index (χ3n) is 3.66. The molecule has 0 amide bonds. The molecule has 17 heavy (non-hydrogen) atoms. The second kappa shape index (κ2) is 5.32. The number of nitrogens with one attached hydrogen (secondary N) is 2. The highest BCUT2D eigenvalue weighted by Gasteiger charge is 2.14. The average Bonchev–Trinajstić information content (AvgIpc) is 2.89. The van der Waals surface area contributed by atoms with Crippen molar-refractivity contribution in [3.63, 3.8) is 0 Å². The van der Waals surface area contributed by atoms with E-state index in [2.05, 4.69) is 28.8 Å². The van der Waals surface area contributed by atoms with Crippen LogP contribution in [-0.2, 0) is 6.42 Å². The maximum atomic E-state index is 3.57. The van der Waals surface area contributed by atoms with Crippen LogP contribution in [0.15, 0.2) is 23.1 Å². The van der Waals surface area contributed by atoms with Crippen molar-refractivity contribution in [2.24, 2.45) is 0 Å². The highest BCUT2D eigenvalue weighted by atomic mass is 32.2. The highest BCUT2D eigenvalue weighted by Crippen LogP contribution is 2.31. The van der Waals surface area contributed by atoms with Crippen molar-refractivity contribution in [3.8, 4) is 0 Å². The molecule has 0 aliphatic carbocycles. The average molecular weight is 248 g/mol. The van der Waals surface area contributed by atoms with Crippen LogP contribution < -0.4 is 10.6 Å². The van der Waals surface area contributed by atoms with Crippen molar-refractivity contribution >= 4 is 17.4 Å². The summed E-state index contributed by atoms with van der Waals surface area (Å²) < 4.78 is 0. The molecule has 2 N–H and O–H groups in total. The second-order valence-electron chi connectivity index (χ2n) is 4.94. The van der Waals surface area contributed by atoms with E-state index in [1.807, 2.05) is 11.8 Å². The number of fused-ring (bicyclic) bond motifs is 1. The molecule has 0 spiro atoms. The van der Waals surface area contributed by atoms with Crippen LogP contribution in [0, 0.1) is 0 Å². The zero-order valence-electron chi connectivity index (χ0n) is 10.2. The molecule has 3 heteroatoms. The molecule has 2 heterocycles. The minimum atomic E-state index is 0.758. The summed E-state index contributed by atoms with van der Waals surface area (Å²) in [6.45, 7) is 2.32. The van der Waals surface area contributed by atoms with Gasteiger partial charge in [0.25, 0.3) is 0 Å². The van der Waals surface area contributed by atoms with Crippen LogP contribution in [0.5, 0.6) is 0 Å². The van der Waals surface area contributed by atoms with Gasteiger partial charge in [0, 0.05) is 28.9 Å². The third kappa shape index (κ3) is 2.78. The van der Waals surface area contributed by atoms with Gasteiger partial charge in [-0.3, -0.25) is 0 Å². The van der Waals surface area contributed by atoms with Gasteiger partial charge in [-0.1, -0.05) is 6.07 Å². The molecule has 92 valence electrons. The molecular formula is C14H20N2S. The molecule has 1 aromatic carbocycles. The fourth-order valence-electron chi connectivity index (χ4n) is 2.69.